The fourth-order valence-electron chi connectivity index (χ4n) is 4.14. The van der Waals surface area contributed by atoms with Gasteiger partial charge in [-0.05, 0) is 83.7 Å². The van der Waals surface area contributed by atoms with Crippen molar-refractivity contribution >= 4 is 22.6 Å². The van der Waals surface area contributed by atoms with Crippen LogP contribution in [0.3, 0.4) is 0 Å². The summed E-state index contributed by atoms with van der Waals surface area (Å²) in [6.07, 6.45) is 4.97. The van der Waals surface area contributed by atoms with E-state index in [1.54, 1.807) is 23.5 Å². The number of ether oxygens (including phenoxy) is 1. The number of nitrogens with zero attached hydrogens (tertiary/aromatic N) is 3. The van der Waals surface area contributed by atoms with E-state index in [1.165, 1.54) is 10.4 Å². The summed E-state index contributed by atoms with van der Waals surface area (Å²) < 4.78 is 5.84. The fourth-order valence-corrected chi connectivity index (χ4v) is 5.36. The highest BCUT2D eigenvalue weighted by Crippen LogP contribution is 2.44. The van der Waals surface area contributed by atoms with Crippen LogP contribution in [0.25, 0.3) is 0 Å². The monoisotopic (exact) mass is 453 g/mol. The minimum atomic E-state index is 0.280. The summed E-state index contributed by atoms with van der Waals surface area (Å²) in [6, 6.07) is 19.7. The number of nitriles is 2. The number of fused-ring (bicyclic) bond motifs is 1. The Morgan fingerprint density at radius 1 is 1.06 bits per heavy atom. The van der Waals surface area contributed by atoms with Gasteiger partial charge < -0.3 is 4.74 Å². The molecule has 1 aromatic heterocycles. The molecule has 5 heteroatoms. The molecule has 1 aliphatic rings. The molecule has 0 saturated heterocycles. The number of thiophene rings is 1. The molecule has 0 N–H and O–H groups in total. The summed E-state index contributed by atoms with van der Waals surface area (Å²) in [5.74, 6) is 1.41. The van der Waals surface area contributed by atoms with E-state index in [2.05, 4.69) is 37.9 Å². The average molecular weight is 454 g/mol. The van der Waals surface area contributed by atoms with Gasteiger partial charge in [0.1, 0.15) is 23.4 Å². The van der Waals surface area contributed by atoms with E-state index < -0.39 is 0 Å². The van der Waals surface area contributed by atoms with Crippen molar-refractivity contribution in [3.63, 3.8) is 0 Å². The van der Waals surface area contributed by atoms with Gasteiger partial charge in [-0.3, -0.25) is 0 Å². The van der Waals surface area contributed by atoms with Gasteiger partial charge in [0, 0.05) is 11.1 Å². The largest absolute Gasteiger partial charge is 0.489 e. The first-order valence-corrected chi connectivity index (χ1v) is 12.0. The highest BCUT2D eigenvalue weighted by Gasteiger charge is 2.32. The molecule has 0 aliphatic heterocycles. The number of benzene rings is 2. The van der Waals surface area contributed by atoms with Crippen LogP contribution < -0.4 is 4.74 Å². The van der Waals surface area contributed by atoms with E-state index in [0.29, 0.717) is 18.1 Å². The Hall–Kier alpha value is -3.41. The van der Waals surface area contributed by atoms with E-state index in [0.717, 1.165) is 46.7 Å². The normalized spacial score (nSPS) is 15.6. The van der Waals surface area contributed by atoms with Gasteiger partial charge in [0.15, 0.2) is 0 Å². The lowest BCUT2D eigenvalue weighted by molar-refractivity contribution is 0.218. The third-order valence-electron chi connectivity index (χ3n) is 6.28. The van der Waals surface area contributed by atoms with Gasteiger partial charge in [-0.2, -0.15) is 10.5 Å². The van der Waals surface area contributed by atoms with Crippen LogP contribution in [0.1, 0.15) is 59.9 Å². The van der Waals surface area contributed by atoms with Crippen LogP contribution in [-0.4, -0.2) is 6.21 Å². The quantitative estimate of drug-likeness (QED) is 0.392. The van der Waals surface area contributed by atoms with Crippen molar-refractivity contribution in [3.05, 3.63) is 81.2 Å². The fraction of sp³-hybridized carbons (Fsp3) is 0.321. The van der Waals surface area contributed by atoms with Crippen molar-refractivity contribution in [2.75, 3.05) is 0 Å². The lowest BCUT2D eigenvalue weighted by Gasteiger charge is -2.33. The van der Waals surface area contributed by atoms with Crippen molar-refractivity contribution in [3.8, 4) is 17.9 Å². The van der Waals surface area contributed by atoms with E-state index in [-0.39, 0.29) is 5.41 Å². The van der Waals surface area contributed by atoms with Crippen molar-refractivity contribution in [1.82, 2.24) is 0 Å². The molecule has 3 aromatic rings. The Bertz CT molecular complexity index is 1230. The van der Waals surface area contributed by atoms with Crippen molar-refractivity contribution < 1.29 is 4.74 Å². The zero-order valence-electron chi connectivity index (χ0n) is 19.3. The molecular weight excluding hydrogens is 426 g/mol. The summed E-state index contributed by atoms with van der Waals surface area (Å²) in [4.78, 5) is 6.01. The van der Waals surface area contributed by atoms with Gasteiger partial charge in [0.05, 0.1) is 17.2 Å². The third kappa shape index (κ3) is 5.33. The van der Waals surface area contributed by atoms with Gasteiger partial charge >= 0.3 is 0 Å². The Balaban J connectivity index is 1.42. The van der Waals surface area contributed by atoms with Crippen molar-refractivity contribution in [2.24, 2.45) is 16.3 Å². The molecule has 2 aromatic carbocycles. The van der Waals surface area contributed by atoms with E-state index >= 15 is 0 Å². The zero-order valence-corrected chi connectivity index (χ0v) is 20.1. The first kappa shape index (κ1) is 22.8. The summed E-state index contributed by atoms with van der Waals surface area (Å²) >= 11 is 1.67. The number of rotatable bonds is 5. The van der Waals surface area contributed by atoms with Crippen LogP contribution in [0.15, 0.2) is 53.5 Å². The molecular formula is C28H27N3OS. The lowest BCUT2D eigenvalue weighted by Crippen LogP contribution is -2.26. The predicted molar refractivity (Wildman–Crippen MR) is 133 cm³/mol. The molecule has 1 aliphatic carbocycles. The second-order valence-corrected chi connectivity index (χ2v) is 10.6. The van der Waals surface area contributed by atoms with Crippen LogP contribution >= 0.6 is 11.3 Å². The van der Waals surface area contributed by atoms with Gasteiger partial charge in [-0.1, -0.05) is 32.9 Å². The van der Waals surface area contributed by atoms with Crippen LogP contribution in [0, 0.1) is 34.0 Å². The first-order valence-electron chi connectivity index (χ1n) is 11.2. The maximum Gasteiger partial charge on any atom is 0.134 e. The molecule has 1 heterocycles. The molecule has 4 nitrogen and oxygen atoms in total. The summed E-state index contributed by atoms with van der Waals surface area (Å²) in [5.41, 5.74) is 4.86. The minimum absolute atomic E-state index is 0.280. The van der Waals surface area contributed by atoms with E-state index in [9.17, 15) is 5.26 Å². The van der Waals surface area contributed by atoms with Gasteiger partial charge in [0.2, 0.25) is 0 Å². The standard InChI is InChI=1S/C28H27N3OS/c1-28(2,3)22-10-13-24-25(16-30)27(33-26(24)14-22)31-17-20-8-11-23(12-9-20)32-18-21-6-4-19(15-29)5-7-21/h4-9,11-12,17,22H,10,13-14,18H2,1-3H3/t22-/m1/s1. The SMILES string of the molecule is CC(C)(C)[C@@H]1CCc2c(sc(N=Cc3ccc(OCc4ccc(C#N)cc4)cc3)c2C#N)C1. The molecule has 0 spiro atoms. The molecule has 0 bridgehead atoms. The maximum absolute atomic E-state index is 9.76. The van der Waals surface area contributed by atoms with E-state index in [1.807, 2.05) is 42.6 Å². The predicted octanol–water partition coefficient (Wildman–Crippen LogP) is 6.97. The maximum atomic E-state index is 9.76. The molecule has 1 atom stereocenters. The first-order chi connectivity index (χ1) is 15.9. The highest BCUT2D eigenvalue weighted by molar-refractivity contribution is 7.16. The molecule has 33 heavy (non-hydrogen) atoms. The number of aliphatic imine (C=N–C) groups is 1. The second-order valence-electron chi connectivity index (χ2n) is 9.53. The Morgan fingerprint density at radius 2 is 1.79 bits per heavy atom. The molecule has 0 radical (unpaired) electrons. The highest BCUT2D eigenvalue weighted by atomic mass is 32.1. The molecule has 0 amide bonds. The zero-order chi connectivity index (χ0) is 23.4. The minimum Gasteiger partial charge on any atom is -0.489 e. The summed E-state index contributed by atoms with van der Waals surface area (Å²) in [5, 5.41) is 19.5. The van der Waals surface area contributed by atoms with Crippen LogP contribution in [0.4, 0.5) is 5.00 Å². The molecule has 0 saturated carbocycles. The van der Waals surface area contributed by atoms with Gasteiger partial charge in [-0.15, -0.1) is 11.3 Å². The molecule has 0 unspecified atom stereocenters. The summed E-state index contributed by atoms with van der Waals surface area (Å²) in [6.45, 7) is 7.36. The van der Waals surface area contributed by atoms with Crippen molar-refractivity contribution in [1.29, 1.82) is 10.5 Å². The lowest BCUT2D eigenvalue weighted by atomic mass is 9.72. The van der Waals surface area contributed by atoms with Gasteiger partial charge in [-0.25, -0.2) is 4.99 Å². The Kier molecular flexibility index (Phi) is 6.63. The number of hydrogen-bond donors (Lipinski definition) is 0. The summed E-state index contributed by atoms with van der Waals surface area (Å²) in [7, 11) is 0. The smallest absolute Gasteiger partial charge is 0.134 e. The Morgan fingerprint density at radius 3 is 2.42 bits per heavy atom. The molecule has 0 fully saturated rings. The average Bonchev–Trinajstić information content (AvgIpc) is 3.18. The van der Waals surface area contributed by atoms with E-state index in [4.69, 9.17) is 10.00 Å². The van der Waals surface area contributed by atoms with Crippen molar-refractivity contribution in [2.45, 2.75) is 46.6 Å². The second kappa shape index (κ2) is 9.61. The van der Waals surface area contributed by atoms with Crippen LogP contribution in [-0.2, 0) is 19.4 Å². The topological polar surface area (TPSA) is 69.2 Å². The van der Waals surface area contributed by atoms with Gasteiger partial charge in [0.25, 0.3) is 0 Å². The number of hydrogen-bond acceptors (Lipinski definition) is 5. The third-order valence-corrected chi connectivity index (χ3v) is 7.45. The molecule has 4 rings (SSSR count). The van der Waals surface area contributed by atoms with Crippen LogP contribution in [0.2, 0.25) is 0 Å². The van der Waals surface area contributed by atoms with Crippen LogP contribution in [0.5, 0.6) is 5.75 Å². The molecule has 166 valence electrons. The Labute approximate surface area is 199 Å².